The molecule has 54 heavy (non-hydrogen) atoms. The van der Waals surface area contributed by atoms with Gasteiger partial charge in [0.15, 0.2) is 12.2 Å². The van der Waals surface area contributed by atoms with E-state index in [2.05, 4.69) is 0 Å². The Hall–Kier alpha value is -5.02. The summed E-state index contributed by atoms with van der Waals surface area (Å²) in [5, 5.41) is 0. The molecule has 2 heterocycles. The fourth-order valence-corrected chi connectivity index (χ4v) is 6.18. The van der Waals surface area contributed by atoms with Gasteiger partial charge in [-0.15, -0.1) is 0 Å². The van der Waals surface area contributed by atoms with Crippen molar-refractivity contribution >= 4 is 23.9 Å². The zero-order valence-corrected chi connectivity index (χ0v) is 31.0. The molecular weight excluding hydrogens is 704 g/mol. The molecule has 14 nitrogen and oxygen atoms in total. The Labute approximate surface area is 313 Å². The number of hydrogen-bond donors (Lipinski definition) is 0. The molecule has 2 fully saturated rings. The smallest absolute Gasteiger partial charge is 0.347 e. The highest BCUT2D eigenvalue weighted by atomic mass is 16.6. The Kier molecular flexibility index (Phi) is 14.8. The first kappa shape index (κ1) is 40.2. The monoisotopic (exact) mass is 750 g/mol. The molecule has 0 bridgehead atoms. The van der Waals surface area contributed by atoms with Crippen LogP contribution < -0.4 is 9.47 Å². The molecule has 290 valence electrons. The van der Waals surface area contributed by atoms with Crippen molar-refractivity contribution in [3.8, 4) is 11.5 Å². The molecule has 5 rings (SSSR count). The van der Waals surface area contributed by atoms with Gasteiger partial charge in [-0.2, -0.15) is 0 Å². The van der Waals surface area contributed by atoms with Gasteiger partial charge in [0.2, 0.25) is 0 Å². The fourth-order valence-electron chi connectivity index (χ4n) is 6.18. The minimum atomic E-state index is -0.697. The highest BCUT2D eigenvalue weighted by Crippen LogP contribution is 2.32. The third kappa shape index (κ3) is 10.6. The molecule has 0 aromatic heterocycles. The molecule has 2 aliphatic rings. The van der Waals surface area contributed by atoms with Crippen LogP contribution in [0.5, 0.6) is 11.5 Å². The van der Waals surface area contributed by atoms with E-state index in [-0.39, 0.29) is 50.8 Å². The maximum atomic E-state index is 12.9. The van der Waals surface area contributed by atoms with Gasteiger partial charge in [-0.25, -0.2) is 19.2 Å². The summed E-state index contributed by atoms with van der Waals surface area (Å²) in [5.41, 5.74) is 5.24. The Bertz CT molecular complexity index is 1590. The number of ether oxygens (including phenoxy) is 10. The van der Waals surface area contributed by atoms with Gasteiger partial charge in [-0.05, 0) is 59.7 Å². The van der Waals surface area contributed by atoms with E-state index in [1.165, 1.54) is 24.3 Å². The van der Waals surface area contributed by atoms with Crippen LogP contribution in [0.2, 0.25) is 0 Å². The number of rotatable bonds is 20. The minimum Gasteiger partial charge on any atom is -0.478 e. The Morgan fingerprint density at radius 1 is 0.574 bits per heavy atom. The van der Waals surface area contributed by atoms with Crippen molar-refractivity contribution in [1.82, 2.24) is 0 Å². The molecule has 0 amide bonds. The van der Waals surface area contributed by atoms with E-state index in [1.807, 2.05) is 24.3 Å². The lowest BCUT2D eigenvalue weighted by Crippen LogP contribution is -2.23. The second-order valence-electron chi connectivity index (χ2n) is 12.7. The van der Waals surface area contributed by atoms with Gasteiger partial charge < -0.3 is 47.4 Å². The van der Waals surface area contributed by atoms with Crippen LogP contribution in [0.1, 0.15) is 66.9 Å². The van der Waals surface area contributed by atoms with Crippen LogP contribution >= 0.6 is 0 Å². The number of cyclic esters (lactones) is 2. The molecule has 0 radical (unpaired) electrons. The van der Waals surface area contributed by atoms with Gasteiger partial charge in [0.1, 0.15) is 11.5 Å². The van der Waals surface area contributed by atoms with Crippen LogP contribution in [0.4, 0.5) is 0 Å². The SMILES string of the molecule is COCc1cc(CCOC(=O)c2ccc(C(=O)OCCc3cc(COC)c(OC4CCOC4=O)c(COC)c3)cc2)cc(COC)c1OC1CCOC1=O. The van der Waals surface area contributed by atoms with Gasteiger partial charge in [-0.3, -0.25) is 0 Å². The standard InChI is InChI=1S/C40H46O14/c1-45-21-29-17-25(18-30(22-46-2)35(29)53-33-11-15-51-39(33)43)9-13-49-37(41)27-5-7-28(8-6-27)38(42)50-14-10-26-19-31(23-47-3)36(32(20-26)24-48-4)54-34-12-16-52-40(34)44/h5-8,17-20,33-34H,9-16,21-24H2,1-4H3. The van der Waals surface area contributed by atoms with Crippen LogP contribution in [0.25, 0.3) is 0 Å². The molecule has 2 atom stereocenters. The van der Waals surface area contributed by atoms with E-state index in [0.717, 1.165) is 33.4 Å². The summed E-state index contributed by atoms with van der Waals surface area (Å²) in [6, 6.07) is 13.6. The predicted molar refractivity (Wildman–Crippen MR) is 190 cm³/mol. The van der Waals surface area contributed by atoms with Gasteiger partial charge >= 0.3 is 23.9 Å². The average molecular weight is 751 g/mol. The first-order valence-corrected chi connectivity index (χ1v) is 17.6. The second kappa shape index (κ2) is 19.9. The largest absolute Gasteiger partial charge is 0.478 e. The summed E-state index contributed by atoms with van der Waals surface area (Å²) in [5.74, 6) is -0.859. The van der Waals surface area contributed by atoms with Gasteiger partial charge in [0.05, 0.1) is 64.0 Å². The first-order chi connectivity index (χ1) is 26.2. The summed E-state index contributed by atoms with van der Waals surface area (Å²) in [6.07, 6.45) is 0.328. The fraction of sp³-hybridized carbons (Fsp3) is 0.450. The second-order valence-corrected chi connectivity index (χ2v) is 12.7. The van der Waals surface area contributed by atoms with E-state index in [4.69, 9.17) is 47.4 Å². The van der Waals surface area contributed by atoms with Crippen molar-refractivity contribution in [1.29, 1.82) is 0 Å². The maximum absolute atomic E-state index is 12.9. The van der Waals surface area contributed by atoms with Crippen LogP contribution in [0.15, 0.2) is 48.5 Å². The number of hydrogen-bond acceptors (Lipinski definition) is 14. The van der Waals surface area contributed by atoms with E-state index < -0.39 is 36.1 Å². The Balaban J connectivity index is 1.14. The molecule has 2 unspecified atom stereocenters. The quantitative estimate of drug-likeness (QED) is 0.118. The molecule has 14 heteroatoms. The number of carbonyl (C=O) groups excluding carboxylic acids is 4. The lowest BCUT2D eigenvalue weighted by Gasteiger charge is -2.19. The summed E-state index contributed by atoms with van der Waals surface area (Å²) in [6.45, 7) is 1.76. The highest BCUT2D eigenvalue weighted by Gasteiger charge is 2.31. The molecule has 2 saturated heterocycles. The molecule has 2 aliphatic heterocycles. The molecule has 3 aromatic rings. The van der Waals surface area contributed by atoms with E-state index >= 15 is 0 Å². The molecule has 0 aliphatic carbocycles. The Morgan fingerprint density at radius 3 is 1.19 bits per heavy atom. The molecule has 3 aromatic carbocycles. The molecular formula is C40H46O14. The third-order valence-corrected chi connectivity index (χ3v) is 8.70. The minimum absolute atomic E-state index is 0.0923. The molecule has 0 saturated carbocycles. The van der Waals surface area contributed by atoms with Crippen molar-refractivity contribution in [3.63, 3.8) is 0 Å². The van der Waals surface area contributed by atoms with Crippen LogP contribution in [0, 0.1) is 0 Å². The number of carbonyl (C=O) groups is 4. The highest BCUT2D eigenvalue weighted by molar-refractivity contribution is 5.93. The maximum Gasteiger partial charge on any atom is 0.347 e. The summed E-state index contributed by atoms with van der Waals surface area (Å²) in [4.78, 5) is 49.8. The van der Waals surface area contributed by atoms with Crippen molar-refractivity contribution in [2.24, 2.45) is 0 Å². The van der Waals surface area contributed by atoms with Crippen LogP contribution in [-0.4, -0.2) is 91.0 Å². The van der Waals surface area contributed by atoms with Gasteiger partial charge in [0, 0.05) is 76.4 Å². The topological polar surface area (TPSA) is 161 Å². The molecule has 0 spiro atoms. The van der Waals surface area contributed by atoms with Crippen LogP contribution in [-0.2, 0) is 86.8 Å². The van der Waals surface area contributed by atoms with Gasteiger partial charge in [-0.1, -0.05) is 0 Å². The van der Waals surface area contributed by atoms with Crippen molar-refractivity contribution in [2.75, 3.05) is 54.9 Å². The number of esters is 4. The number of methoxy groups -OCH3 is 4. The van der Waals surface area contributed by atoms with Crippen molar-refractivity contribution in [3.05, 3.63) is 93.0 Å². The van der Waals surface area contributed by atoms with E-state index in [9.17, 15) is 19.2 Å². The van der Waals surface area contributed by atoms with E-state index in [1.54, 1.807) is 28.4 Å². The van der Waals surface area contributed by atoms with Gasteiger partial charge in [0.25, 0.3) is 0 Å². The zero-order chi connectivity index (χ0) is 38.5. The lowest BCUT2D eigenvalue weighted by atomic mass is 10.0. The summed E-state index contributed by atoms with van der Waals surface area (Å²) in [7, 11) is 6.27. The molecule has 0 N–H and O–H groups in total. The Morgan fingerprint density at radius 2 is 0.907 bits per heavy atom. The lowest BCUT2D eigenvalue weighted by molar-refractivity contribution is -0.144. The van der Waals surface area contributed by atoms with Crippen molar-refractivity contribution < 1.29 is 66.5 Å². The van der Waals surface area contributed by atoms with Crippen molar-refractivity contribution in [2.45, 2.75) is 64.3 Å². The van der Waals surface area contributed by atoms with E-state index in [0.29, 0.717) is 50.4 Å². The predicted octanol–water partition coefficient (Wildman–Crippen LogP) is 4.46. The third-order valence-electron chi connectivity index (χ3n) is 8.70. The summed E-state index contributed by atoms with van der Waals surface area (Å²) >= 11 is 0. The summed E-state index contributed by atoms with van der Waals surface area (Å²) < 4.78 is 54.8. The normalized spacial score (nSPS) is 16.5. The first-order valence-electron chi connectivity index (χ1n) is 17.6. The average Bonchev–Trinajstić information content (AvgIpc) is 3.77. The van der Waals surface area contributed by atoms with Crippen LogP contribution in [0.3, 0.4) is 0 Å². The number of benzene rings is 3. The zero-order valence-electron chi connectivity index (χ0n) is 31.0.